The standard InChI is InChI=1S/C21H22FN3O3/c22-16-4-1-3-15(13-16)6-11-20(26)24-17-7-9-18(10-8-17)25-21(27)23-14-19-5-2-12-28-19/h1,3-4,6-11,13,19H,2,5,12,14H2,(H,24,26)(H2,23,25,27)/b11-6+. The van der Waals surface area contributed by atoms with Crippen LogP contribution in [0.25, 0.3) is 6.08 Å². The van der Waals surface area contributed by atoms with Crippen LogP contribution in [0.15, 0.2) is 54.6 Å². The fourth-order valence-electron chi connectivity index (χ4n) is 2.79. The molecule has 1 saturated heterocycles. The van der Waals surface area contributed by atoms with Crippen LogP contribution in [0.3, 0.4) is 0 Å². The Morgan fingerprint density at radius 1 is 1.11 bits per heavy atom. The first kappa shape index (κ1) is 19.6. The van der Waals surface area contributed by atoms with Gasteiger partial charge in [0.15, 0.2) is 0 Å². The molecule has 0 saturated carbocycles. The predicted octanol–water partition coefficient (Wildman–Crippen LogP) is 3.78. The Morgan fingerprint density at radius 3 is 2.54 bits per heavy atom. The van der Waals surface area contributed by atoms with Crippen molar-refractivity contribution in [3.63, 3.8) is 0 Å². The lowest BCUT2D eigenvalue weighted by Gasteiger charge is -2.12. The van der Waals surface area contributed by atoms with Gasteiger partial charge in [-0.15, -0.1) is 0 Å². The minimum absolute atomic E-state index is 0.0868. The lowest BCUT2D eigenvalue weighted by atomic mass is 10.2. The smallest absolute Gasteiger partial charge is 0.319 e. The number of hydrogen-bond donors (Lipinski definition) is 3. The second kappa shape index (κ2) is 9.66. The quantitative estimate of drug-likeness (QED) is 0.664. The molecule has 2 aromatic rings. The molecular formula is C21H22FN3O3. The van der Waals surface area contributed by atoms with Crippen molar-refractivity contribution in [3.8, 4) is 0 Å². The zero-order valence-corrected chi connectivity index (χ0v) is 15.3. The number of amides is 3. The minimum atomic E-state index is -0.356. The first-order chi connectivity index (χ1) is 13.6. The Morgan fingerprint density at radius 2 is 1.86 bits per heavy atom. The van der Waals surface area contributed by atoms with Gasteiger partial charge in [0, 0.05) is 30.6 Å². The van der Waals surface area contributed by atoms with Gasteiger partial charge in [0.25, 0.3) is 0 Å². The van der Waals surface area contributed by atoms with Gasteiger partial charge < -0.3 is 20.7 Å². The van der Waals surface area contributed by atoms with Crippen LogP contribution >= 0.6 is 0 Å². The zero-order valence-electron chi connectivity index (χ0n) is 15.3. The first-order valence-corrected chi connectivity index (χ1v) is 9.10. The normalized spacial score (nSPS) is 16.1. The number of hydrogen-bond acceptors (Lipinski definition) is 3. The van der Waals surface area contributed by atoms with Crippen LogP contribution in [-0.4, -0.2) is 31.2 Å². The van der Waals surface area contributed by atoms with E-state index < -0.39 is 0 Å². The monoisotopic (exact) mass is 383 g/mol. The van der Waals surface area contributed by atoms with Crippen molar-refractivity contribution in [2.45, 2.75) is 18.9 Å². The molecule has 0 spiro atoms. The molecule has 3 N–H and O–H groups in total. The summed E-state index contributed by atoms with van der Waals surface area (Å²) in [6.07, 6.45) is 4.94. The van der Waals surface area contributed by atoms with E-state index in [4.69, 9.17) is 4.74 Å². The third kappa shape index (κ3) is 6.21. The van der Waals surface area contributed by atoms with E-state index in [1.54, 1.807) is 36.4 Å². The molecule has 2 aromatic carbocycles. The zero-order chi connectivity index (χ0) is 19.8. The minimum Gasteiger partial charge on any atom is -0.376 e. The lowest BCUT2D eigenvalue weighted by molar-refractivity contribution is -0.111. The van der Waals surface area contributed by atoms with E-state index in [1.165, 1.54) is 24.3 Å². The highest BCUT2D eigenvalue weighted by Crippen LogP contribution is 2.14. The lowest BCUT2D eigenvalue weighted by Crippen LogP contribution is -2.35. The highest BCUT2D eigenvalue weighted by molar-refractivity contribution is 6.02. The predicted molar refractivity (Wildman–Crippen MR) is 107 cm³/mol. The van der Waals surface area contributed by atoms with Gasteiger partial charge in [-0.25, -0.2) is 9.18 Å². The number of rotatable bonds is 6. The molecule has 1 aliphatic rings. The van der Waals surface area contributed by atoms with Gasteiger partial charge in [0.2, 0.25) is 5.91 Å². The second-order valence-electron chi connectivity index (χ2n) is 6.42. The average molecular weight is 383 g/mol. The molecule has 0 aromatic heterocycles. The molecule has 3 amide bonds. The molecule has 0 aliphatic carbocycles. The van der Waals surface area contributed by atoms with Crippen LogP contribution in [0.1, 0.15) is 18.4 Å². The van der Waals surface area contributed by atoms with Gasteiger partial charge in [-0.1, -0.05) is 12.1 Å². The fraction of sp³-hybridized carbons (Fsp3) is 0.238. The summed E-state index contributed by atoms with van der Waals surface area (Å²) >= 11 is 0. The second-order valence-corrected chi connectivity index (χ2v) is 6.42. The number of anilines is 2. The topological polar surface area (TPSA) is 79.5 Å². The molecule has 3 rings (SSSR count). The van der Waals surface area contributed by atoms with Crippen LogP contribution in [0.5, 0.6) is 0 Å². The van der Waals surface area contributed by atoms with Gasteiger partial charge in [0.05, 0.1) is 6.10 Å². The van der Waals surface area contributed by atoms with Gasteiger partial charge >= 0.3 is 6.03 Å². The first-order valence-electron chi connectivity index (χ1n) is 9.10. The Bertz CT molecular complexity index is 846. The molecule has 146 valence electrons. The van der Waals surface area contributed by atoms with Gasteiger partial charge in [-0.2, -0.15) is 0 Å². The molecule has 1 heterocycles. The number of ether oxygens (including phenoxy) is 1. The van der Waals surface area contributed by atoms with Gasteiger partial charge in [-0.05, 0) is 60.9 Å². The molecular weight excluding hydrogens is 361 g/mol. The summed E-state index contributed by atoms with van der Waals surface area (Å²) in [6.45, 7) is 1.23. The van der Waals surface area contributed by atoms with Crippen molar-refractivity contribution < 1.29 is 18.7 Å². The Labute approximate surface area is 162 Å². The SMILES string of the molecule is O=C(/C=C/c1cccc(F)c1)Nc1ccc(NC(=O)NCC2CCCO2)cc1. The van der Waals surface area contributed by atoms with Crippen LogP contribution in [-0.2, 0) is 9.53 Å². The summed E-state index contributed by atoms with van der Waals surface area (Å²) < 4.78 is 18.6. The van der Waals surface area contributed by atoms with E-state index in [2.05, 4.69) is 16.0 Å². The maximum absolute atomic E-state index is 13.1. The third-order valence-electron chi connectivity index (χ3n) is 4.20. The van der Waals surface area contributed by atoms with Crippen LogP contribution in [0.2, 0.25) is 0 Å². The molecule has 6 nitrogen and oxygen atoms in total. The van der Waals surface area contributed by atoms with E-state index in [0.717, 1.165) is 19.4 Å². The average Bonchev–Trinajstić information content (AvgIpc) is 3.20. The third-order valence-corrected chi connectivity index (χ3v) is 4.20. The van der Waals surface area contributed by atoms with E-state index >= 15 is 0 Å². The maximum Gasteiger partial charge on any atom is 0.319 e. The largest absolute Gasteiger partial charge is 0.376 e. The highest BCUT2D eigenvalue weighted by atomic mass is 19.1. The van der Waals surface area contributed by atoms with Crippen LogP contribution in [0.4, 0.5) is 20.6 Å². The van der Waals surface area contributed by atoms with Crippen LogP contribution in [0, 0.1) is 5.82 Å². The Kier molecular flexibility index (Phi) is 6.75. The van der Waals surface area contributed by atoms with E-state index in [9.17, 15) is 14.0 Å². The molecule has 1 atom stereocenters. The summed E-state index contributed by atoms with van der Waals surface area (Å²) in [5, 5.41) is 8.21. The molecule has 1 aliphatic heterocycles. The number of urea groups is 1. The van der Waals surface area contributed by atoms with Gasteiger partial charge in [-0.3, -0.25) is 4.79 Å². The molecule has 1 fully saturated rings. The molecule has 7 heteroatoms. The summed E-state index contributed by atoms with van der Waals surface area (Å²) in [5.41, 5.74) is 1.79. The van der Waals surface area contributed by atoms with E-state index in [1.807, 2.05) is 0 Å². The number of halogens is 1. The van der Waals surface area contributed by atoms with E-state index in [0.29, 0.717) is 23.5 Å². The van der Waals surface area contributed by atoms with Crippen molar-refractivity contribution >= 4 is 29.4 Å². The van der Waals surface area contributed by atoms with E-state index in [-0.39, 0.29) is 23.9 Å². The van der Waals surface area contributed by atoms with Crippen molar-refractivity contribution in [1.82, 2.24) is 5.32 Å². The summed E-state index contributed by atoms with van der Waals surface area (Å²) in [7, 11) is 0. The maximum atomic E-state index is 13.1. The van der Waals surface area contributed by atoms with Crippen molar-refractivity contribution in [3.05, 3.63) is 66.0 Å². The summed E-state index contributed by atoms with van der Waals surface area (Å²) in [4.78, 5) is 23.9. The Hall–Kier alpha value is -3.19. The van der Waals surface area contributed by atoms with Crippen LogP contribution < -0.4 is 16.0 Å². The molecule has 0 bridgehead atoms. The van der Waals surface area contributed by atoms with Gasteiger partial charge in [0.1, 0.15) is 5.82 Å². The number of carbonyl (C=O) groups is 2. The number of benzene rings is 2. The number of carbonyl (C=O) groups excluding carboxylic acids is 2. The molecule has 1 unspecified atom stereocenters. The fourth-order valence-corrected chi connectivity index (χ4v) is 2.79. The Balaban J connectivity index is 1.45. The number of nitrogens with one attached hydrogen (secondary N) is 3. The highest BCUT2D eigenvalue weighted by Gasteiger charge is 2.16. The molecule has 0 radical (unpaired) electrons. The summed E-state index contributed by atoms with van der Waals surface area (Å²) in [6, 6.07) is 12.4. The van der Waals surface area contributed by atoms with Crippen molar-refractivity contribution in [1.29, 1.82) is 0 Å². The van der Waals surface area contributed by atoms with Crippen molar-refractivity contribution in [2.75, 3.05) is 23.8 Å². The van der Waals surface area contributed by atoms with Crippen molar-refractivity contribution in [2.24, 2.45) is 0 Å². The summed E-state index contributed by atoms with van der Waals surface area (Å²) in [5.74, 6) is -0.690. The molecule has 28 heavy (non-hydrogen) atoms.